The Morgan fingerprint density at radius 2 is 1.85 bits per heavy atom. The Kier molecular flexibility index (Phi) is 3.70. The van der Waals surface area contributed by atoms with E-state index in [9.17, 15) is 9.59 Å². The number of aldehydes is 1. The van der Waals surface area contributed by atoms with Crippen molar-refractivity contribution in [3.05, 3.63) is 46.3 Å². The summed E-state index contributed by atoms with van der Waals surface area (Å²) >= 11 is 0. The van der Waals surface area contributed by atoms with Gasteiger partial charge in [-0.25, -0.2) is 9.48 Å². The molecule has 20 heavy (non-hydrogen) atoms. The van der Waals surface area contributed by atoms with Gasteiger partial charge in [0.15, 0.2) is 12.0 Å². The largest absolute Gasteiger partial charge is 0.464 e. The summed E-state index contributed by atoms with van der Waals surface area (Å²) in [4.78, 5) is 22.7. The van der Waals surface area contributed by atoms with Crippen LogP contribution in [0, 0.1) is 20.8 Å². The molecule has 0 radical (unpaired) electrons. The highest BCUT2D eigenvalue weighted by atomic mass is 16.5. The molecule has 0 N–H and O–H groups in total. The summed E-state index contributed by atoms with van der Waals surface area (Å²) in [5, 5.41) is 4.18. The number of aromatic nitrogens is 2. The van der Waals surface area contributed by atoms with Crippen molar-refractivity contribution in [1.29, 1.82) is 0 Å². The molecule has 0 spiro atoms. The molecule has 5 nitrogen and oxygen atoms in total. The van der Waals surface area contributed by atoms with Crippen LogP contribution in [0.4, 0.5) is 0 Å². The second-order valence-electron chi connectivity index (χ2n) is 4.73. The molecule has 2 rings (SSSR count). The Hall–Kier alpha value is -2.43. The SMILES string of the molecule is COC(=O)c1nn(-c2c(C)cc(C)cc2C)cc1C=O. The van der Waals surface area contributed by atoms with E-state index in [0.717, 1.165) is 22.4 Å². The lowest BCUT2D eigenvalue weighted by atomic mass is 10.1. The van der Waals surface area contributed by atoms with Crippen molar-refractivity contribution in [2.75, 3.05) is 7.11 Å². The first-order chi connectivity index (χ1) is 9.47. The van der Waals surface area contributed by atoms with Crippen LogP contribution in [0.5, 0.6) is 0 Å². The predicted molar refractivity (Wildman–Crippen MR) is 74.5 cm³/mol. The van der Waals surface area contributed by atoms with Gasteiger partial charge < -0.3 is 4.74 Å². The number of ether oxygens (including phenoxy) is 1. The topological polar surface area (TPSA) is 61.2 Å². The lowest BCUT2D eigenvalue weighted by molar-refractivity contribution is 0.0591. The fraction of sp³-hybridized carbons (Fsp3) is 0.267. The predicted octanol–water partition coefficient (Wildman–Crippen LogP) is 2.40. The van der Waals surface area contributed by atoms with Crippen molar-refractivity contribution >= 4 is 12.3 Å². The van der Waals surface area contributed by atoms with Gasteiger partial charge in [0, 0.05) is 6.20 Å². The highest BCUT2D eigenvalue weighted by Gasteiger charge is 2.19. The highest BCUT2D eigenvalue weighted by Crippen LogP contribution is 2.21. The van der Waals surface area contributed by atoms with Crippen LogP contribution >= 0.6 is 0 Å². The number of rotatable bonds is 3. The summed E-state index contributed by atoms with van der Waals surface area (Å²) in [6.07, 6.45) is 2.15. The van der Waals surface area contributed by atoms with Crippen molar-refractivity contribution in [2.24, 2.45) is 0 Å². The van der Waals surface area contributed by atoms with Crippen molar-refractivity contribution in [1.82, 2.24) is 9.78 Å². The third-order valence-electron chi connectivity index (χ3n) is 3.11. The molecule has 104 valence electrons. The fourth-order valence-corrected chi connectivity index (χ4v) is 2.38. The number of methoxy groups -OCH3 is 1. The monoisotopic (exact) mass is 272 g/mol. The summed E-state index contributed by atoms with van der Waals surface area (Å²) in [6.45, 7) is 5.95. The molecule has 0 saturated heterocycles. The van der Waals surface area contributed by atoms with E-state index in [-0.39, 0.29) is 11.3 Å². The van der Waals surface area contributed by atoms with Crippen LogP contribution in [0.25, 0.3) is 5.69 Å². The van der Waals surface area contributed by atoms with E-state index in [1.54, 1.807) is 10.9 Å². The molecule has 0 unspecified atom stereocenters. The number of hydrogen-bond acceptors (Lipinski definition) is 4. The number of hydrogen-bond donors (Lipinski definition) is 0. The molecular formula is C15H16N2O3. The second kappa shape index (κ2) is 5.28. The van der Waals surface area contributed by atoms with Gasteiger partial charge in [0.25, 0.3) is 0 Å². The first kappa shape index (κ1) is 14.0. The lowest BCUT2D eigenvalue weighted by Crippen LogP contribution is -2.07. The number of carbonyl (C=O) groups is 2. The first-order valence-corrected chi connectivity index (χ1v) is 6.19. The van der Waals surface area contributed by atoms with Crippen molar-refractivity contribution in [3.8, 4) is 5.69 Å². The van der Waals surface area contributed by atoms with Gasteiger partial charge in [-0.1, -0.05) is 17.7 Å². The number of carbonyl (C=O) groups excluding carboxylic acids is 2. The average molecular weight is 272 g/mol. The molecular weight excluding hydrogens is 256 g/mol. The summed E-state index contributed by atoms with van der Waals surface area (Å²) in [6, 6.07) is 4.06. The van der Waals surface area contributed by atoms with Gasteiger partial charge in [-0.2, -0.15) is 5.10 Å². The molecule has 1 aromatic heterocycles. The summed E-state index contributed by atoms with van der Waals surface area (Å²) < 4.78 is 6.19. The van der Waals surface area contributed by atoms with Gasteiger partial charge in [0.05, 0.1) is 18.4 Å². The molecule has 0 aliphatic heterocycles. The summed E-state index contributed by atoms with van der Waals surface area (Å²) in [5.41, 5.74) is 4.32. The lowest BCUT2D eigenvalue weighted by Gasteiger charge is -2.11. The normalized spacial score (nSPS) is 10.4. The zero-order valence-electron chi connectivity index (χ0n) is 11.9. The molecule has 1 heterocycles. The maximum atomic E-state index is 11.6. The van der Waals surface area contributed by atoms with Crippen LogP contribution in [-0.2, 0) is 4.74 Å². The van der Waals surface area contributed by atoms with Gasteiger partial charge in [0.1, 0.15) is 0 Å². The number of nitrogens with zero attached hydrogens (tertiary/aromatic N) is 2. The molecule has 2 aromatic rings. The van der Waals surface area contributed by atoms with Crippen LogP contribution in [-0.4, -0.2) is 29.1 Å². The van der Waals surface area contributed by atoms with Crippen LogP contribution in [0.2, 0.25) is 0 Å². The Morgan fingerprint density at radius 1 is 1.25 bits per heavy atom. The molecule has 5 heteroatoms. The van der Waals surface area contributed by atoms with Crippen molar-refractivity contribution in [2.45, 2.75) is 20.8 Å². The molecule has 0 atom stereocenters. The minimum Gasteiger partial charge on any atom is -0.464 e. The third-order valence-corrected chi connectivity index (χ3v) is 3.11. The van der Waals surface area contributed by atoms with Gasteiger partial charge in [-0.15, -0.1) is 0 Å². The Bertz CT molecular complexity index is 663. The van der Waals surface area contributed by atoms with Gasteiger partial charge in [-0.3, -0.25) is 4.79 Å². The molecule has 0 fully saturated rings. The van der Waals surface area contributed by atoms with E-state index < -0.39 is 5.97 Å². The standard InChI is InChI=1S/C15H16N2O3/c1-9-5-10(2)14(11(3)6-9)17-7-12(8-18)13(16-17)15(19)20-4/h5-8H,1-4H3. The molecule has 1 aromatic carbocycles. The highest BCUT2D eigenvalue weighted by molar-refractivity contribution is 5.96. The van der Waals surface area contributed by atoms with Crippen LogP contribution < -0.4 is 0 Å². The zero-order chi connectivity index (χ0) is 14.9. The van der Waals surface area contributed by atoms with E-state index in [1.807, 2.05) is 32.9 Å². The van der Waals surface area contributed by atoms with E-state index >= 15 is 0 Å². The first-order valence-electron chi connectivity index (χ1n) is 6.19. The van der Waals surface area contributed by atoms with E-state index in [0.29, 0.717) is 6.29 Å². The minimum atomic E-state index is -0.617. The van der Waals surface area contributed by atoms with E-state index in [1.165, 1.54) is 7.11 Å². The van der Waals surface area contributed by atoms with Crippen molar-refractivity contribution < 1.29 is 14.3 Å². The Labute approximate surface area is 117 Å². The quantitative estimate of drug-likeness (QED) is 0.636. The van der Waals surface area contributed by atoms with Crippen LogP contribution in [0.3, 0.4) is 0 Å². The van der Waals surface area contributed by atoms with E-state index in [2.05, 4.69) is 9.84 Å². The smallest absolute Gasteiger partial charge is 0.359 e. The number of benzene rings is 1. The Morgan fingerprint density at radius 3 is 2.35 bits per heavy atom. The third kappa shape index (κ3) is 2.34. The van der Waals surface area contributed by atoms with Crippen LogP contribution in [0.15, 0.2) is 18.3 Å². The Balaban J connectivity index is 2.63. The summed E-state index contributed by atoms with van der Waals surface area (Å²) in [5.74, 6) is -0.617. The van der Waals surface area contributed by atoms with Gasteiger partial charge in [0.2, 0.25) is 0 Å². The molecule has 0 saturated carbocycles. The number of esters is 1. The van der Waals surface area contributed by atoms with Gasteiger partial charge >= 0.3 is 5.97 Å². The van der Waals surface area contributed by atoms with Crippen LogP contribution in [0.1, 0.15) is 37.5 Å². The minimum absolute atomic E-state index is 0.0295. The average Bonchev–Trinajstić information content (AvgIpc) is 2.80. The molecule has 0 aliphatic rings. The van der Waals surface area contributed by atoms with Crippen molar-refractivity contribution in [3.63, 3.8) is 0 Å². The zero-order valence-corrected chi connectivity index (χ0v) is 11.9. The maximum Gasteiger partial charge on any atom is 0.359 e. The number of aryl methyl sites for hydroxylation is 3. The van der Waals surface area contributed by atoms with E-state index in [4.69, 9.17) is 0 Å². The molecule has 0 amide bonds. The fourth-order valence-electron chi connectivity index (χ4n) is 2.38. The maximum absolute atomic E-state index is 11.6. The molecule has 0 aliphatic carbocycles. The second-order valence-corrected chi connectivity index (χ2v) is 4.73. The molecule has 0 bridgehead atoms. The summed E-state index contributed by atoms with van der Waals surface area (Å²) in [7, 11) is 1.26. The van der Waals surface area contributed by atoms with Gasteiger partial charge in [-0.05, 0) is 31.9 Å².